The van der Waals surface area contributed by atoms with Crippen molar-refractivity contribution in [3.8, 4) is 0 Å². The van der Waals surface area contributed by atoms with Crippen LogP contribution in [0.1, 0.15) is 6.42 Å². The van der Waals surface area contributed by atoms with Crippen LogP contribution in [0.25, 0.3) is 0 Å². The molecule has 1 saturated heterocycles. The Morgan fingerprint density at radius 1 is 1.25 bits per heavy atom. The minimum absolute atomic E-state index is 0.0741. The van der Waals surface area contributed by atoms with E-state index in [0.29, 0.717) is 11.3 Å². The molecule has 1 amide bonds. The second kappa shape index (κ2) is 5.65. The minimum atomic E-state index is -0.555. The Morgan fingerprint density at radius 3 is 2.79 bits per heavy atom. The number of anilines is 2. The third-order valence-electron chi connectivity index (χ3n) is 3.87. The molecule has 7 heteroatoms. The zero-order valence-electron chi connectivity index (χ0n) is 12.3. The molecule has 0 bridgehead atoms. The summed E-state index contributed by atoms with van der Waals surface area (Å²) in [7, 11) is 0. The number of thioether (sulfide) groups is 1. The summed E-state index contributed by atoms with van der Waals surface area (Å²) in [5, 5.41) is 12.3. The highest BCUT2D eigenvalue weighted by molar-refractivity contribution is 8.03. The largest absolute Gasteiger partial charge is 0.349 e. The van der Waals surface area contributed by atoms with Crippen molar-refractivity contribution in [3.63, 3.8) is 0 Å². The molecule has 2 N–H and O–H groups in total. The van der Waals surface area contributed by atoms with Gasteiger partial charge in [0.05, 0.1) is 27.8 Å². The fraction of sp³-hybridized carbons (Fsp3) is 0.0588. The monoisotopic (exact) mass is 359 g/mol. The lowest BCUT2D eigenvalue weighted by Crippen LogP contribution is -2.28. The van der Waals surface area contributed by atoms with Crippen LogP contribution in [0.3, 0.4) is 0 Å². The van der Waals surface area contributed by atoms with Crippen LogP contribution in [0.15, 0.2) is 58.0 Å². The number of fused-ring (bicyclic) bond motifs is 1. The first-order valence-electron chi connectivity index (χ1n) is 7.18. The molecule has 0 atom stereocenters. The number of hydrogen-bond acceptors (Lipinski definition) is 4. The number of halogens is 2. The highest BCUT2D eigenvalue weighted by Crippen LogP contribution is 2.44. The summed E-state index contributed by atoms with van der Waals surface area (Å²) in [6, 6.07) is 11.8. The second-order valence-electron chi connectivity index (χ2n) is 5.38. The third-order valence-corrected chi connectivity index (χ3v) is 5.29. The standard InChI is InChI=1S/C17H11ClFN3OS/c18-11-7-9(5-6-12(11)19)22-15(23)8-10(16(22)20)17-21-13-3-1-2-4-14(13)24-17/h1-7,20-21H,8H2. The predicted molar refractivity (Wildman–Crippen MR) is 94.2 cm³/mol. The second-order valence-corrected chi connectivity index (χ2v) is 6.84. The van der Waals surface area contributed by atoms with Crippen molar-refractivity contribution >= 4 is 46.5 Å². The zero-order chi connectivity index (χ0) is 16.8. The van der Waals surface area contributed by atoms with Crippen LogP contribution in [-0.2, 0) is 4.79 Å². The number of benzene rings is 2. The van der Waals surface area contributed by atoms with Crippen molar-refractivity contribution in [2.24, 2.45) is 0 Å². The Bertz CT molecular complexity index is 901. The highest BCUT2D eigenvalue weighted by Gasteiger charge is 2.36. The van der Waals surface area contributed by atoms with E-state index in [-0.39, 0.29) is 23.2 Å². The Balaban J connectivity index is 1.70. The number of nitrogens with zero attached hydrogens (tertiary/aromatic N) is 1. The molecule has 4 nitrogen and oxygen atoms in total. The van der Waals surface area contributed by atoms with E-state index in [1.807, 2.05) is 24.3 Å². The number of carbonyl (C=O) groups is 1. The van der Waals surface area contributed by atoms with Gasteiger partial charge in [0.25, 0.3) is 0 Å². The van der Waals surface area contributed by atoms with Gasteiger partial charge in [0, 0.05) is 10.5 Å². The summed E-state index contributed by atoms with van der Waals surface area (Å²) in [4.78, 5) is 14.7. The number of para-hydroxylation sites is 1. The molecule has 1 fully saturated rings. The van der Waals surface area contributed by atoms with Crippen molar-refractivity contribution in [2.75, 3.05) is 10.2 Å². The lowest BCUT2D eigenvalue weighted by atomic mass is 10.2. The lowest BCUT2D eigenvalue weighted by Gasteiger charge is -2.16. The van der Waals surface area contributed by atoms with Gasteiger partial charge >= 0.3 is 0 Å². The van der Waals surface area contributed by atoms with Gasteiger partial charge in [-0.05, 0) is 30.3 Å². The van der Waals surface area contributed by atoms with Crippen LogP contribution in [-0.4, -0.2) is 11.7 Å². The maximum atomic E-state index is 13.3. The Kier molecular flexibility index (Phi) is 3.58. The average Bonchev–Trinajstić information content (AvgIpc) is 3.11. The Morgan fingerprint density at radius 2 is 2.04 bits per heavy atom. The van der Waals surface area contributed by atoms with Crippen molar-refractivity contribution in [1.82, 2.24) is 0 Å². The molecule has 2 aliphatic heterocycles. The first kappa shape index (κ1) is 15.2. The molecule has 0 aliphatic carbocycles. The quantitative estimate of drug-likeness (QED) is 0.781. The SMILES string of the molecule is N=C1C(=C2Nc3ccccc3S2)CC(=O)N1c1ccc(F)c(Cl)c1. The van der Waals surface area contributed by atoms with E-state index in [1.165, 1.54) is 34.9 Å². The van der Waals surface area contributed by atoms with Crippen LogP contribution < -0.4 is 10.2 Å². The summed E-state index contributed by atoms with van der Waals surface area (Å²) < 4.78 is 13.3. The molecular formula is C17H11ClFN3OS. The molecule has 2 aromatic carbocycles. The molecule has 0 saturated carbocycles. The number of amidine groups is 1. The van der Waals surface area contributed by atoms with Crippen LogP contribution in [0.4, 0.5) is 15.8 Å². The molecule has 0 unspecified atom stereocenters. The van der Waals surface area contributed by atoms with E-state index in [2.05, 4.69) is 5.32 Å². The van der Waals surface area contributed by atoms with Gasteiger partial charge in [-0.3, -0.25) is 15.1 Å². The maximum Gasteiger partial charge on any atom is 0.237 e. The normalized spacial score (nSPS) is 19.7. The van der Waals surface area contributed by atoms with E-state index in [1.54, 1.807) is 0 Å². The predicted octanol–water partition coefficient (Wildman–Crippen LogP) is 4.62. The van der Waals surface area contributed by atoms with Gasteiger partial charge in [-0.1, -0.05) is 35.5 Å². The number of hydrogen-bond donors (Lipinski definition) is 2. The van der Waals surface area contributed by atoms with E-state index in [9.17, 15) is 9.18 Å². The molecule has 2 heterocycles. The highest BCUT2D eigenvalue weighted by atomic mass is 35.5. The average molecular weight is 360 g/mol. The lowest BCUT2D eigenvalue weighted by molar-refractivity contribution is -0.116. The van der Waals surface area contributed by atoms with Crippen LogP contribution in [0.5, 0.6) is 0 Å². The molecule has 4 rings (SSSR count). The van der Waals surface area contributed by atoms with Crippen molar-refractivity contribution < 1.29 is 9.18 Å². The van der Waals surface area contributed by atoms with Gasteiger partial charge in [0.1, 0.15) is 11.7 Å². The summed E-state index contributed by atoms with van der Waals surface area (Å²) in [6.45, 7) is 0. The van der Waals surface area contributed by atoms with Crippen LogP contribution >= 0.6 is 23.4 Å². The Labute approximate surface area is 146 Å². The van der Waals surface area contributed by atoms with Crippen molar-refractivity contribution in [1.29, 1.82) is 5.41 Å². The van der Waals surface area contributed by atoms with Gasteiger partial charge < -0.3 is 5.32 Å². The fourth-order valence-corrected chi connectivity index (χ4v) is 3.94. The van der Waals surface area contributed by atoms with Crippen molar-refractivity contribution in [3.05, 3.63) is 63.9 Å². The Hall–Kier alpha value is -2.31. The van der Waals surface area contributed by atoms with Gasteiger partial charge in [-0.2, -0.15) is 0 Å². The van der Waals surface area contributed by atoms with E-state index in [0.717, 1.165) is 15.6 Å². The number of nitrogens with one attached hydrogen (secondary N) is 2. The number of rotatable bonds is 1. The van der Waals surface area contributed by atoms with E-state index >= 15 is 0 Å². The fourth-order valence-electron chi connectivity index (χ4n) is 2.71. The molecule has 0 aromatic heterocycles. The first-order valence-corrected chi connectivity index (χ1v) is 8.38. The number of amides is 1. The summed E-state index contributed by atoms with van der Waals surface area (Å²) >= 11 is 7.30. The van der Waals surface area contributed by atoms with Crippen LogP contribution in [0, 0.1) is 11.2 Å². The molecule has 0 radical (unpaired) electrons. The third kappa shape index (κ3) is 2.39. The molecule has 24 heavy (non-hydrogen) atoms. The molecule has 120 valence electrons. The first-order chi connectivity index (χ1) is 11.5. The number of carbonyl (C=O) groups excluding carboxylic acids is 1. The van der Waals surface area contributed by atoms with Crippen LogP contribution in [0.2, 0.25) is 5.02 Å². The van der Waals surface area contributed by atoms with E-state index < -0.39 is 5.82 Å². The van der Waals surface area contributed by atoms with Gasteiger partial charge in [0.15, 0.2) is 0 Å². The minimum Gasteiger partial charge on any atom is -0.349 e. The van der Waals surface area contributed by atoms with E-state index in [4.69, 9.17) is 17.0 Å². The maximum absolute atomic E-state index is 13.3. The molecule has 2 aliphatic rings. The topological polar surface area (TPSA) is 56.2 Å². The smallest absolute Gasteiger partial charge is 0.237 e. The molecule has 2 aromatic rings. The van der Waals surface area contributed by atoms with Crippen molar-refractivity contribution in [2.45, 2.75) is 11.3 Å². The summed E-state index contributed by atoms with van der Waals surface area (Å²) in [6.07, 6.45) is 0.122. The zero-order valence-corrected chi connectivity index (χ0v) is 13.8. The van der Waals surface area contributed by atoms with Gasteiger partial charge in [0.2, 0.25) is 5.91 Å². The molecule has 0 spiro atoms. The summed E-state index contributed by atoms with van der Waals surface area (Å²) in [5.41, 5.74) is 1.99. The summed E-state index contributed by atoms with van der Waals surface area (Å²) in [5.74, 6) is -0.699. The molecular weight excluding hydrogens is 349 g/mol. The van der Waals surface area contributed by atoms with Gasteiger partial charge in [-0.15, -0.1) is 0 Å². The van der Waals surface area contributed by atoms with Gasteiger partial charge in [-0.25, -0.2) is 4.39 Å².